The Bertz CT molecular complexity index is 30.5. The van der Waals surface area contributed by atoms with Crippen molar-refractivity contribution in [3.63, 3.8) is 0 Å². The first-order valence-electron chi connectivity index (χ1n) is 1.76. The Kier molecular flexibility index (Phi) is 85.8. The first-order chi connectivity index (χ1) is 2.91. The summed E-state index contributed by atoms with van der Waals surface area (Å²) in [6, 6.07) is 0. The van der Waals surface area contributed by atoms with Crippen molar-refractivity contribution in [1.29, 1.82) is 0 Å². The van der Waals surface area contributed by atoms with Crippen LogP contribution >= 0.6 is 35.7 Å². The quantitative estimate of drug-likeness (QED) is 0.444. The second kappa shape index (κ2) is 30.0. The Morgan fingerprint density at radius 2 is 1.50 bits per heavy atom. The van der Waals surface area contributed by atoms with E-state index in [4.69, 9.17) is 0 Å². The van der Waals surface area contributed by atoms with Gasteiger partial charge in [0.05, 0.1) is 17.1 Å². The van der Waals surface area contributed by atoms with E-state index in [-0.39, 0.29) is 31.9 Å². The molecule has 44 valence electrons. The van der Waals surface area contributed by atoms with Crippen molar-refractivity contribution in [2.45, 2.75) is 14.9 Å². The van der Waals surface area contributed by atoms with Crippen LogP contribution in [0.25, 0.3) is 0 Å². The average Bonchev–Trinajstić information content (AvgIpc) is 1.72. The number of hydrogen-bond acceptors (Lipinski definition) is 1. The summed E-state index contributed by atoms with van der Waals surface area (Å²) in [6.45, 7) is 0. The van der Waals surface area contributed by atoms with Gasteiger partial charge < -0.3 is 0 Å². The summed E-state index contributed by atoms with van der Waals surface area (Å²) in [5, 5.41) is 0. The van der Waals surface area contributed by atoms with Crippen molar-refractivity contribution in [2.24, 2.45) is 3.15 Å². The first-order valence-corrected chi connectivity index (χ1v) is 25.0. The molecule has 0 saturated carbocycles. The van der Waals surface area contributed by atoms with Crippen molar-refractivity contribution in [2.75, 3.05) is 7.05 Å². The molecule has 0 fully saturated rings. The van der Waals surface area contributed by atoms with E-state index in [1.54, 1.807) is 0 Å². The topological polar surface area (TPSA) is 12.4 Å². The second-order valence-electron chi connectivity index (χ2n) is 0.233. The molecule has 0 rings (SSSR count). The third kappa shape index (κ3) is 31.3. The van der Waals surface area contributed by atoms with Gasteiger partial charge in [0, 0.05) is 25.7 Å². The van der Waals surface area contributed by atoms with E-state index in [1.165, 1.54) is 63.2 Å². The molecule has 0 saturated heterocycles. The monoisotopic (exact) mass is 393 g/mol. The Balaban J connectivity index is -0.0000000183. The normalized spacial score (nSPS) is 6.75. The number of hydrogen-bond donors (Lipinski definition) is 0. The van der Waals surface area contributed by atoms with Crippen LogP contribution in [-0.2, 0) is 0 Å². The predicted octanol–water partition coefficient (Wildman–Crippen LogP) is 2.63. The Morgan fingerprint density at radius 1 is 1.38 bits per heavy atom. The minimum absolute atomic E-state index is 0. The summed E-state index contributed by atoms with van der Waals surface area (Å²) in [6.07, 6.45) is 0. The van der Waals surface area contributed by atoms with Crippen LogP contribution in [-0.4, -0.2) is 70.2 Å². The standard InChI is InChI=1S/CH3I2N.2CH4.2K/c1-4-3-2;;;;/h1H3;2*1H4;;. The van der Waals surface area contributed by atoms with Crippen molar-refractivity contribution < 1.29 is 0 Å². The van der Waals surface area contributed by atoms with Gasteiger partial charge in [-0.2, -0.15) is 0 Å². The predicted molar refractivity (Wildman–Crippen MR) is 61.4 cm³/mol. The van der Waals surface area contributed by atoms with Gasteiger partial charge in [-0.3, -0.25) is 3.15 Å². The van der Waals surface area contributed by atoms with Gasteiger partial charge in [-0.05, 0) is 0 Å². The van der Waals surface area contributed by atoms with Crippen LogP contribution in [0.15, 0.2) is 3.15 Å². The van der Waals surface area contributed by atoms with Crippen LogP contribution < -0.4 is 0 Å². The average molecular weight is 393 g/mol. The molecule has 0 aliphatic heterocycles. The number of halogens is 2. The number of rotatable bonds is 0. The summed E-state index contributed by atoms with van der Waals surface area (Å²) >= 11 is 5.00. The van der Waals surface area contributed by atoms with Crippen molar-refractivity contribution in [1.82, 2.24) is 0 Å². The molecule has 0 N–H and O–H groups in total. The first kappa shape index (κ1) is 22.9. The molecule has 5 heteroatoms. The molecule has 0 aromatic carbocycles. The zero-order chi connectivity index (χ0) is 5.41. The second-order valence-corrected chi connectivity index (χ2v) is 4.01. The summed E-state index contributed by atoms with van der Waals surface area (Å²) in [5.41, 5.74) is 0. The minimum atomic E-state index is 0. The molecule has 0 unspecified atom stereocenters. The number of nitrogens with zero attached hydrogens (tertiary/aromatic N) is 1. The van der Waals surface area contributed by atoms with E-state index in [2.05, 4.69) is 21.8 Å². The van der Waals surface area contributed by atoms with E-state index in [1.807, 2.05) is 7.05 Å². The van der Waals surface area contributed by atoms with E-state index in [0.717, 1.165) is 0 Å². The van der Waals surface area contributed by atoms with Crippen LogP contribution in [0.5, 0.6) is 0 Å². The van der Waals surface area contributed by atoms with Crippen LogP contribution in [0, 0.1) is 0 Å². The van der Waals surface area contributed by atoms with Gasteiger partial charge in [-0.25, -0.2) is 0 Å². The van der Waals surface area contributed by atoms with Gasteiger partial charge in [-0.15, -0.1) is 0 Å². The van der Waals surface area contributed by atoms with E-state index in [0.29, 0.717) is 0 Å². The third-order valence-electron chi connectivity index (χ3n) is 0.0639. The third-order valence-corrected chi connectivity index (χ3v) is 2.87. The molecule has 0 atom stereocenters. The Morgan fingerprint density at radius 3 is 1.50 bits per heavy atom. The fourth-order valence-corrected chi connectivity index (χ4v) is 0. The van der Waals surface area contributed by atoms with Gasteiger partial charge in [0.1, 0.15) is 0 Å². The van der Waals surface area contributed by atoms with E-state index >= 15 is 0 Å². The van der Waals surface area contributed by atoms with Gasteiger partial charge in [0.2, 0.25) is 0 Å². The fourth-order valence-electron chi connectivity index (χ4n) is 0. The SMILES string of the molecule is C.C.CN=II.[K][K]. The zero-order valence-electron chi connectivity index (χ0n) is 4.20. The Hall–Kier alpha value is 4.53. The van der Waals surface area contributed by atoms with Crippen LogP contribution in [0.2, 0.25) is 0 Å². The van der Waals surface area contributed by atoms with Gasteiger partial charge in [0.25, 0.3) is 0 Å². The maximum absolute atomic E-state index is 3.83. The van der Waals surface area contributed by atoms with E-state index < -0.39 is 0 Å². The summed E-state index contributed by atoms with van der Waals surface area (Å²) in [5.74, 6) is 0. The molecule has 0 aliphatic rings. The summed E-state index contributed by atoms with van der Waals surface area (Å²) in [4.78, 5) is 0. The van der Waals surface area contributed by atoms with Gasteiger partial charge in [-0.1, -0.05) is 14.9 Å². The molecule has 0 aliphatic carbocycles. The molecule has 1 nitrogen and oxygen atoms in total. The molecule has 0 aromatic heterocycles. The molecule has 0 bridgehead atoms. The summed E-state index contributed by atoms with van der Waals surface area (Å²) < 4.78 is 3.83. The van der Waals surface area contributed by atoms with Crippen molar-refractivity contribution in [3.8, 4) is 0 Å². The zero-order valence-corrected chi connectivity index (χ0v) is 14.8. The fraction of sp³-hybridized carbons (Fsp3) is 1.00. The molecule has 0 amide bonds. The molecule has 0 heterocycles. The van der Waals surface area contributed by atoms with Gasteiger partial charge >= 0.3 is 63.2 Å². The molecule has 0 aromatic rings. The van der Waals surface area contributed by atoms with Crippen molar-refractivity contribution >= 4 is 98.8 Å². The summed E-state index contributed by atoms with van der Waals surface area (Å²) in [7, 11) is 1.85. The molecular weight excluding hydrogens is 382 g/mol. The molecule has 8 heavy (non-hydrogen) atoms. The van der Waals surface area contributed by atoms with E-state index in [9.17, 15) is 0 Å². The molecule has 0 spiro atoms. The van der Waals surface area contributed by atoms with Crippen LogP contribution in [0.4, 0.5) is 0 Å². The van der Waals surface area contributed by atoms with Crippen LogP contribution in [0.3, 0.4) is 0 Å². The van der Waals surface area contributed by atoms with Crippen molar-refractivity contribution in [3.05, 3.63) is 0 Å². The maximum atomic E-state index is 3.83. The molecular formula is C3H11I2K2N. The van der Waals surface area contributed by atoms with Gasteiger partial charge in [0.15, 0.2) is 0 Å². The van der Waals surface area contributed by atoms with Crippen LogP contribution in [0.1, 0.15) is 14.9 Å². The Labute approximate surface area is 118 Å². The molecule has 0 radical (unpaired) electrons.